The maximum atomic E-state index is 13.2. The number of nitrogens with one attached hydrogen (secondary N) is 2. The number of nitriles is 1. The summed E-state index contributed by atoms with van der Waals surface area (Å²) in [5, 5.41) is 31.7. The van der Waals surface area contributed by atoms with Crippen LogP contribution in [0.2, 0.25) is 5.02 Å². The Morgan fingerprint density at radius 2 is 1.97 bits per heavy atom. The average Bonchev–Trinajstić information content (AvgIpc) is 2.85. The fourth-order valence-corrected chi connectivity index (χ4v) is 4.32. The van der Waals surface area contributed by atoms with Crippen LogP contribution in [0.3, 0.4) is 0 Å². The normalized spacial score (nSPS) is 15.4. The second kappa shape index (κ2) is 10.4. The summed E-state index contributed by atoms with van der Waals surface area (Å²) in [6.07, 6.45) is 3.14. The number of aromatic nitrogens is 2. The molecule has 0 saturated carbocycles. The van der Waals surface area contributed by atoms with E-state index >= 15 is 0 Å². The van der Waals surface area contributed by atoms with Crippen LogP contribution in [0, 0.1) is 22.6 Å². The third-order valence-corrected chi connectivity index (χ3v) is 6.40. The smallest absolute Gasteiger partial charge is 0.264 e. The first-order valence-electron chi connectivity index (χ1n) is 11.1. The molecule has 1 saturated heterocycles. The lowest BCUT2D eigenvalue weighted by Gasteiger charge is -2.38. The summed E-state index contributed by atoms with van der Waals surface area (Å²) in [6.45, 7) is 1.80. The number of piperidine rings is 1. The Balaban J connectivity index is 1.44. The molecule has 3 N–H and O–H groups in total. The van der Waals surface area contributed by atoms with Gasteiger partial charge in [-0.2, -0.15) is 5.26 Å². The van der Waals surface area contributed by atoms with Crippen LogP contribution < -0.4 is 10.9 Å². The summed E-state index contributed by atoms with van der Waals surface area (Å²) in [5.74, 6) is -0.199. The van der Waals surface area contributed by atoms with Crippen molar-refractivity contribution in [1.82, 2.24) is 14.5 Å². The number of rotatable bonds is 7. The summed E-state index contributed by atoms with van der Waals surface area (Å²) >= 11 is 5.98. The fourth-order valence-electron chi connectivity index (χ4n) is 4.15. The van der Waals surface area contributed by atoms with Gasteiger partial charge in [0, 0.05) is 36.6 Å². The Morgan fingerprint density at radius 3 is 2.63 bits per heavy atom. The van der Waals surface area contributed by atoms with E-state index in [1.807, 2.05) is 6.07 Å². The van der Waals surface area contributed by atoms with Crippen molar-refractivity contribution >= 4 is 29.3 Å². The molecule has 8 nitrogen and oxygen atoms in total. The number of nitrogens with zero attached hydrogens (tertiary/aromatic N) is 4. The molecule has 1 aliphatic heterocycles. The van der Waals surface area contributed by atoms with Crippen molar-refractivity contribution in [3.05, 3.63) is 86.7 Å². The molecule has 0 atom stereocenters. The molecule has 10 heteroatoms. The second-order valence-electron chi connectivity index (χ2n) is 8.63. The minimum Gasteiger partial charge on any atom is -0.388 e. The van der Waals surface area contributed by atoms with E-state index in [0.717, 1.165) is 11.8 Å². The van der Waals surface area contributed by atoms with Gasteiger partial charge in [0.05, 0.1) is 30.1 Å². The Bertz CT molecular complexity index is 1330. The SMILES string of the molecule is N#Cc1cc(Cl)ccc1CN1CCC(O)(Cn2cnc(Nc3ccc(F)cc3)c(C=N)c2=O)CC1. The first-order valence-corrected chi connectivity index (χ1v) is 11.4. The van der Waals surface area contributed by atoms with Crippen LogP contribution in [0.4, 0.5) is 15.9 Å². The number of aliphatic hydroxyl groups is 1. The largest absolute Gasteiger partial charge is 0.388 e. The zero-order chi connectivity index (χ0) is 25.0. The second-order valence-corrected chi connectivity index (χ2v) is 9.07. The van der Waals surface area contributed by atoms with Crippen molar-refractivity contribution in [1.29, 1.82) is 10.7 Å². The molecular weight excluding hydrogens is 471 g/mol. The number of halogens is 2. The lowest BCUT2D eigenvalue weighted by Crippen LogP contribution is -2.48. The van der Waals surface area contributed by atoms with Gasteiger partial charge in [-0.25, -0.2) is 9.37 Å². The van der Waals surface area contributed by atoms with Gasteiger partial charge in [0.15, 0.2) is 0 Å². The summed E-state index contributed by atoms with van der Waals surface area (Å²) < 4.78 is 14.5. The van der Waals surface area contributed by atoms with Crippen molar-refractivity contribution in [3.63, 3.8) is 0 Å². The van der Waals surface area contributed by atoms with Crippen LogP contribution in [0.5, 0.6) is 0 Å². The van der Waals surface area contributed by atoms with Gasteiger partial charge in [-0.3, -0.25) is 14.3 Å². The van der Waals surface area contributed by atoms with Gasteiger partial charge < -0.3 is 15.8 Å². The van der Waals surface area contributed by atoms with E-state index < -0.39 is 11.2 Å². The first-order chi connectivity index (χ1) is 16.8. The van der Waals surface area contributed by atoms with Crippen molar-refractivity contribution in [2.24, 2.45) is 0 Å². The van der Waals surface area contributed by atoms with Gasteiger partial charge in [-0.05, 0) is 54.8 Å². The van der Waals surface area contributed by atoms with Crippen LogP contribution in [0.15, 0.2) is 53.6 Å². The minimum atomic E-state index is -1.11. The molecule has 4 rings (SSSR count). The molecule has 3 aromatic rings. The molecule has 0 aliphatic carbocycles. The average molecular weight is 495 g/mol. The van der Waals surface area contributed by atoms with Crippen LogP contribution in [-0.4, -0.2) is 44.5 Å². The minimum absolute atomic E-state index is 0.0460. The predicted octanol–water partition coefficient (Wildman–Crippen LogP) is 3.68. The molecule has 0 spiro atoms. The monoisotopic (exact) mass is 494 g/mol. The number of likely N-dealkylation sites (tertiary alicyclic amines) is 1. The van der Waals surface area contributed by atoms with E-state index in [1.54, 1.807) is 12.1 Å². The van der Waals surface area contributed by atoms with Crippen molar-refractivity contribution < 1.29 is 9.50 Å². The summed E-state index contributed by atoms with van der Waals surface area (Å²) in [7, 11) is 0. The van der Waals surface area contributed by atoms with E-state index in [4.69, 9.17) is 17.0 Å². The zero-order valence-electron chi connectivity index (χ0n) is 18.8. The first kappa shape index (κ1) is 24.5. The molecule has 1 fully saturated rings. The highest BCUT2D eigenvalue weighted by molar-refractivity contribution is 6.30. The molecule has 2 aromatic carbocycles. The third kappa shape index (κ3) is 5.74. The molecular formula is C25H24ClFN6O2. The summed E-state index contributed by atoms with van der Waals surface area (Å²) in [6, 6.07) is 13.0. The maximum Gasteiger partial charge on any atom is 0.264 e. The van der Waals surface area contributed by atoms with Crippen LogP contribution in [0.25, 0.3) is 0 Å². The highest BCUT2D eigenvalue weighted by atomic mass is 35.5. The van der Waals surface area contributed by atoms with Crippen LogP contribution >= 0.6 is 11.6 Å². The van der Waals surface area contributed by atoms with E-state index in [9.17, 15) is 19.6 Å². The molecule has 0 radical (unpaired) electrons. The summed E-state index contributed by atoms with van der Waals surface area (Å²) in [5.41, 5.74) is 0.433. The number of anilines is 2. The highest BCUT2D eigenvalue weighted by Gasteiger charge is 2.33. The van der Waals surface area contributed by atoms with Crippen molar-refractivity contribution in [2.75, 3.05) is 18.4 Å². The van der Waals surface area contributed by atoms with E-state index in [1.165, 1.54) is 35.2 Å². The van der Waals surface area contributed by atoms with Gasteiger partial charge in [-0.15, -0.1) is 0 Å². The molecule has 180 valence electrons. The standard InChI is InChI=1S/C25H24ClFN6O2/c26-19-2-1-17(18(11-19)12-28)14-32-9-7-25(35,8-10-32)15-33-16-30-23(22(13-29)24(33)34)31-21-5-3-20(27)4-6-21/h1-6,11,13,16,29,31,35H,7-10,14-15H2. The molecule has 2 heterocycles. The summed E-state index contributed by atoms with van der Waals surface area (Å²) in [4.78, 5) is 19.4. The molecule has 0 amide bonds. The predicted molar refractivity (Wildman–Crippen MR) is 132 cm³/mol. The number of hydrogen-bond acceptors (Lipinski definition) is 7. The van der Waals surface area contributed by atoms with Gasteiger partial charge in [0.2, 0.25) is 0 Å². The molecule has 1 aliphatic rings. The van der Waals surface area contributed by atoms with Gasteiger partial charge in [0.1, 0.15) is 17.2 Å². The van der Waals surface area contributed by atoms with Gasteiger partial charge >= 0.3 is 0 Å². The van der Waals surface area contributed by atoms with Crippen molar-refractivity contribution in [2.45, 2.75) is 31.5 Å². The quantitative estimate of drug-likeness (QED) is 0.431. The third-order valence-electron chi connectivity index (χ3n) is 6.16. The van der Waals surface area contributed by atoms with E-state index in [0.29, 0.717) is 48.7 Å². The molecule has 0 unspecified atom stereocenters. The Hall–Kier alpha value is -3.58. The zero-order valence-corrected chi connectivity index (χ0v) is 19.6. The van der Waals surface area contributed by atoms with E-state index in [2.05, 4.69) is 21.3 Å². The lowest BCUT2D eigenvalue weighted by molar-refractivity contribution is -0.0366. The fraction of sp³-hybridized carbons (Fsp3) is 0.280. The highest BCUT2D eigenvalue weighted by Crippen LogP contribution is 2.26. The number of hydrogen-bond donors (Lipinski definition) is 3. The Labute approximate surface area is 206 Å². The van der Waals surface area contributed by atoms with Gasteiger partial charge in [-0.1, -0.05) is 17.7 Å². The van der Waals surface area contributed by atoms with Crippen LogP contribution in [0.1, 0.15) is 29.5 Å². The Kier molecular flexibility index (Phi) is 7.26. The molecule has 1 aromatic heterocycles. The van der Waals surface area contributed by atoms with Crippen molar-refractivity contribution in [3.8, 4) is 6.07 Å². The topological polar surface area (TPSA) is 118 Å². The number of benzene rings is 2. The Morgan fingerprint density at radius 1 is 1.26 bits per heavy atom. The van der Waals surface area contributed by atoms with Crippen LogP contribution in [-0.2, 0) is 13.1 Å². The van der Waals surface area contributed by atoms with E-state index in [-0.39, 0.29) is 23.7 Å². The maximum absolute atomic E-state index is 13.2. The van der Waals surface area contributed by atoms with Gasteiger partial charge in [0.25, 0.3) is 5.56 Å². The molecule has 35 heavy (non-hydrogen) atoms. The molecule has 0 bridgehead atoms. The lowest BCUT2D eigenvalue weighted by atomic mass is 9.90.